The molecular formula is C26H25F3N4O4. The van der Waals surface area contributed by atoms with E-state index in [9.17, 15) is 22.8 Å². The van der Waals surface area contributed by atoms with Crippen LogP contribution in [0.5, 0.6) is 11.5 Å². The van der Waals surface area contributed by atoms with Crippen molar-refractivity contribution in [2.75, 3.05) is 12.3 Å². The highest BCUT2D eigenvalue weighted by atomic mass is 19.4. The van der Waals surface area contributed by atoms with E-state index in [4.69, 9.17) is 10.5 Å². The second-order valence-electron chi connectivity index (χ2n) is 9.18. The number of hydrogen-bond donors (Lipinski definition) is 1. The van der Waals surface area contributed by atoms with Gasteiger partial charge in [0, 0.05) is 12.1 Å². The highest BCUT2D eigenvalue weighted by molar-refractivity contribution is 5.71. The lowest BCUT2D eigenvalue weighted by atomic mass is 9.77. The molecule has 5 rings (SSSR count). The maximum atomic E-state index is 13.6. The molecular weight excluding hydrogens is 489 g/mol. The maximum absolute atomic E-state index is 13.6. The molecule has 1 atom stereocenters. The first kappa shape index (κ1) is 24.7. The molecule has 1 aliphatic heterocycles. The van der Waals surface area contributed by atoms with E-state index in [0.717, 1.165) is 37.0 Å². The van der Waals surface area contributed by atoms with E-state index in [1.165, 1.54) is 17.0 Å². The number of fused-ring (bicyclic) bond motifs is 1. The minimum atomic E-state index is -4.81. The lowest BCUT2D eigenvalue weighted by Crippen LogP contribution is -2.44. The first-order valence-electron chi connectivity index (χ1n) is 12.0. The van der Waals surface area contributed by atoms with Crippen LogP contribution in [-0.4, -0.2) is 33.5 Å². The summed E-state index contributed by atoms with van der Waals surface area (Å²) in [5.41, 5.74) is 8.07. The number of ether oxygens (including phenoxy) is 2. The van der Waals surface area contributed by atoms with E-state index in [2.05, 4.69) is 9.72 Å². The van der Waals surface area contributed by atoms with Gasteiger partial charge in [0.2, 0.25) is 5.95 Å². The van der Waals surface area contributed by atoms with Crippen molar-refractivity contribution >= 4 is 12.0 Å². The molecule has 2 aliphatic rings. The lowest BCUT2D eigenvalue weighted by Gasteiger charge is -2.36. The Kier molecular flexibility index (Phi) is 6.53. The number of benzene rings is 2. The van der Waals surface area contributed by atoms with E-state index < -0.39 is 18.2 Å². The Bertz CT molecular complexity index is 1340. The summed E-state index contributed by atoms with van der Waals surface area (Å²) in [7, 11) is 0. The molecule has 1 unspecified atom stereocenters. The van der Waals surface area contributed by atoms with Crippen molar-refractivity contribution in [3.05, 3.63) is 81.8 Å². The number of amides is 1. The van der Waals surface area contributed by atoms with Crippen LogP contribution in [0, 0.1) is 5.92 Å². The molecule has 1 fully saturated rings. The van der Waals surface area contributed by atoms with Crippen molar-refractivity contribution in [2.45, 2.75) is 44.6 Å². The van der Waals surface area contributed by atoms with Crippen LogP contribution in [0.3, 0.4) is 0 Å². The largest absolute Gasteiger partial charge is 0.573 e. The van der Waals surface area contributed by atoms with E-state index >= 15 is 0 Å². The van der Waals surface area contributed by atoms with E-state index in [1.54, 1.807) is 4.57 Å². The monoisotopic (exact) mass is 514 g/mol. The minimum Gasteiger partial charge on any atom is -0.410 e. The quantitative estimate of drug-likeness (QED) is 0.531. The predicted molar refractivity (Wildman–Crippen MR) is 128 cm³/mol. The number of rotatable bonds is 5. The molecule has 0 spiro atoms. The third-order valence-electron chi connectivity index (χ3n) is 6.83. The van der Waals surface area contributed by atoms with Crippen molar-refractivity contribution in [2.24, 2.45) is 5.92 Å². The zero-order valence-corrected chi connectivity index (χ0v) is 19.8. The molecule has 3 aromatic rings. The second-order valence-corrected chi connectivity index (χ2v) is 9.18. The van der Waals surface area contributed by atoms with Crippen molar-refractivity contribution in [3.63, 3.8) is 0 Å². The molecule has 194 valence electrons. The molecule has 1 aliphatic carbocycles. The number of nitrogens with two attached hydrogens (primary N) is 1. The molecule has 37 heavy (non-hydrogen) atoms. The van der Waals surface area contributed by atoms with Crippen molar-refractivity contribution < 1.29 is 27.4 Å². The third-order valence-corrected chi connectivity index (χ3v) is 6.83. The maximum Gasteiger partial charge on any atom is 0.573 e. The Morgan fingerprint density at radius 3 is 2.35 bits per heavy atom. The zero-order valence-electron chi connectivity index (χ0n) is 19.8. The van der Waals surface area contributed by atoms with Gasteiger partial charge in [-0.3, -0.25) is 9.36 Å². The van der Waals surface area contributed by atoms with Gasteiger partial charge in [-0.2, -0.15) is 0 Å². The van der Waals surface area contributed by atoms with Gasteiger partial charge in [0.05, 0.1) is 18.3 Å². The molecule has 11 heteroatoms. The number of carbonyl (C=O) groups is 1. The van der Waals surface area contributed by atoms with Crippen LogP contribution in [0.2, 0.25) is 0 Å². The number of anilines is 1. The van der Waals surface area contributed by atoms with Gasteiger partial charge in [-0.1, -0.05) is 36.8 Å². The van der Waals surface area contributed by atoms with Crippen molar-refractivity contribution in [1.82, 2.24) is 14.5 Å². The summed E-state index contributed by atoms with van der Waals surface area (Å²) in [6, 6.07) is 14.1. The summed E-state index contributed by atoms with van der Waals surface area (Å²) < 4.78 is 47.7. The fourth-order valence-corrected chi connectivity index (χ4v) is 4.86. The zero-order chi connectivity index (χ0) is 26.2. The molecule has 2 heterocycles. The van der Waals surface area contributed by atoms with Gasteiger partial charge >= 0.3 is 12.5 Å². The number of alkyl halides is 3. The van der Waals surface area contributed by atoms with E-state index in [-0.39, 0.29) is 42.8 Å². The Morgan fingerprint density at radius 1 is 1.05 bits per heavy atom. The number of carbonyl (C=O) groups excluding carboxylic acids is 1. The number of hydrogen-bond acceptors (Lipinski definition) is 6. The van der Waals surface area contributed by atoms with Gasteiger partial charge < -0.3 is 20.1 Å². The van der Waals surface area contributed by atoms with Crippen molar-refractivity contribution in [3.8, 4) is 11.5 Å². The number of halogens is 3. The summed E-state index contributed by atoms with van der Waals surface area (Å²) in [6.45, 7) is 0.254. The summed E-state index contributed by atoms with van der Waals surface area (Å²) in [5.74, 6) is 0.0236. The molecule has 1 amide bonds. The molecule has 8 nitrogen and oxygen atoms in total. The van der Waals surface area contributed by atoms with Crippen LogP contribution in [0.15, 0.2) is 59.4 Å². The molecule has 0 bridgehead atoms. The molecule has 2 aromatic carbocycles. The van der Waals surface area contributed by atoms with E-state index in [0.29, 0.717) is 17.2 Å². The fraction of sp³-hybridized carbons (Fsp3) is 0.346. The molecule has 1 aromatic heterocycles. The van der Waals surface area contributed by atoms with Gasteiger partial charge in [-0.05, 0) is 55.0 Å². The topological polar surface area (TPSA) is 99.7 Å². The Balaban J connectivity index is 1.34. The normalized spacial score (nSPS) is 16.5. The van der Waals surface area contributed by atoms with Crippen LogP contribution in [0.1, 0.15) is 42.1 Å². The highest BCUT2D eigenvalue weighted by Gasteiger charge is 2.35. The smallest absolute Gasteiger partial charge is 0.410 e. The van der Waals surface area contributed by atoms with Crippen LogP contribution < -0.4 is 20.8 Å². The summed E-state index contributed by atoms with van der Waals surface area (Å²) >= 11 is 0. The molecule has 2 N–H and O–H groups in total. The van der Waals surface area contributed by atoms with Crippen molar-refractivity contribution in [1.29, 1.82) is 0 Å². The van der Waals surface area contributed by atoms with Crippen LogP contribution in [0.4, 0.5) is 23.9 Å². The van der Waals surface area contributed by atoms with E-state index in [1.807, 2.05) is 30.3 Å². The van der Waals surface area contributed by atoms with Crippen LogP contribution >= 0.6 is 0 Å². The van der Waals surface area contributed by atoms with Gasteiger partial charge in [-0.25, -0.2) is 9.78 Å². The Morgan fingerprint density at radius 2 is 1.73 bits per heavy atom. The number of nitrogen functional groups attached to an aromatic ring is 1. The average molecular weight is 515 g/mol. The third kappa shape index (κ3) is 5.25. The van der Waals surface area contributed by atoms with Gasteiger partial charge in [0.15, 0.2) is 0 Å². The molecule has 1 saturated carbocycles. The number of nitrogens with zero attached hydrogens (tertiary/aromatic N) is 3. The fourth-order valence-electron chi connectivity index (χ4n) is 4.86. The molecule has 0 saturated heterocycles. The standard InChI is InChI=1S/C26H25F3N4O4/c27-26(28,29)37-19-11-9-18(10-12-19)36-25(35)32-14-13-20-21(15-32)31-24(30)33(23(20)34)22(17-7-4-8-17)16-5-2-1-3-6-16/h1-3,5-6,9-12,17,22H,4,7-8,13-15H2,(H2,30,31). The summed E-state index contributed by atoms with van der Waals surface area (Å²) in [4.78, 5) is 32.2. The predicted octanol–water partition coefficient (Wildman–Crippen LogP) is 4.67. The van der Waals surface area contributed by atoms with Crippen LogP contribution in [0.25, 0.3) is 0 Å². The first-order chi connectivity index (χ1) is 17.7. The first-order valence-corrected chi connectivity index (χ1v) is 12.0. The summed E-state index contributed by atoms with van der Waals surface area (Å²) in [6.07, 6.45) is -2.13. The summed E-state index contributed by atoms with van der Waals surface area (Å²) in [5, 5.41) is 0. The second kappa shape index (κ2) is 9.79. The lowest BCUT2D eigenvalue weighted by molar-refractivity contribution is -0.274. The van der Waals surface area contributed by atoms with Gasteiger partial charge in [0.1, 0.15) is 11.5 Å². The van der Waals surface area contributed by atoms with Crippen LogP contribution in [-0.2, 0) is 13.0 Å². The van der Waals surface area contributed by atoms with Gasteiger partial charge in [-0.15, -0.1) is 13.2 Å². The average Bonchev–Trinajstić information content (AvgIpc) is 2.82. The highest BCUT2D eigenvalue weighted by Crippen LogP contribution is 2.40. The Labute approximate surface area is 210 Å². The van der Waals surface area contributed by atoms with Gasteiger partial charge in [0.25, 0.3) is 5.56 Å². The Hall–Kier alpha value is -4.02. The minimum absolute atomic E-state index is 0.0309. The SMILES string of the molecule is Nc1nc2c(c(=O)n1C(c1ccccc1)C1CCC1)CCN(C(=O)Oc1ccc(OC(F)(F)F)cc1)C2. The molecule has 0 radical (unpaired) electrons. The number of aromatic nitrogens is 2.